The van der Waals surface area contributed by atoms with Crippen LogP contribution in [-0.4, -0.2) is 62.7 Å². The topological polar surface area (TPSA) is 117 Å². The molecule has 0 radical (unpaired) electrons. The summed E-state index contributed by atoms with van der Waals surface area (Å²) in [5.74, 6) is 1.55. The number of carbonyl (C=O) groups excluding carboxylic acids is 2. The molecule has 2 fully saturated rings. The molecule has 3 N–H and O–H groups in total. The highest BCUT2D eigenvalue weighted by Crippen LogP contribution is 2.30. The van der Waals surface area contributed by atoms with E-state index in [-0.39, 0.29) is 11.8 Å². The van der Waals surface area contributed by atoms with Gasteiger partial charge in [-0.15, -0.1) is 10.2 Å². The molecule has 3 rings (SSSR count). The first-order valence-electron chi connectivity index (χ1n) is 9.51. The van der Waals surface area contributed by atoms with Crippen LogP contribution in [0.5, 0.6) is 0 Å². The number of piperidine rings is 1. The molecule has 1 aromatic heterocycles. The largest absolute Gasteiger partial charge is 0.357 e. The Morgan fingerprint density at radius 2 is 2.11 bits per heavy atom. The molecule has 1 atom stereocenters. The van der Waals surface area contributed by atoms with E-state index in [1.165, 1.54) is 0 Å². The van der Waals surface area contributed by atoms with Crippen LogP contribution < -0.4 is 16.0 Å². The Hall–Kier alpha value is -2.65. The Labute approximate surface area is 158 Å². The van der Waals surface area contributed by atoms with Gasteiger partial charge in [-0.3, -0.25) is 10.1 Å². The van der Waals surface area contributed by atoms with E-state index in [1.54, 1.807) is 6.33 Å². The van der Waals surface area contributed by atoms with Crippen LogP contribution in [0.25, 0.3) is 0 Å². The van der Waals surface area contributed by atoms with E-state index >= 15 is 0 Å². The summed E-state index contributed by atoms with van der Waals surface area (Å²) in [6, 6.07) is -0.403. The Kier molecular flexibility index (Phi) is 5.62. The molecule has 2 saturated heterocycles. The molecule has 2 aliphatic rings. The minimum Gasteiger partial charge on any atom is -0.357 e. The lowest BCUT2D eigenvalue weighted by molar-refractivity contribution is -0.125. The molecule has 0 spiro atoms. The fourth-order valence-corrected chi connectivity index (χ4v) is 3.75. The van der Waals surface area contributed by atoms with Crippen LogP contribution in [0.3, 0.4) is 0 Å². The van der Waals surface area contributed by atoms with Crippen molar-refractivity contribution in [2.75, 3.05) is 19.6 Å². The van der Waals surface area contributed by atoms with Crippen molar-refractivity contribution in [3.63, 3.8) is 0 Å². The second-order valence-electron chi connectivity index (χ2n) is 7.08. The second kappa shape index (κ2) is 7.93. The van der Waals surface area contributed by atoms with Gasteiger partial charge < -0.3 is 20.1 Å². The number of nitrogens with zero attached hydrogens (tertiary/aromatic N) is 5. The number of aromatic nitrogens is 3. The summed E-state index contributed by atoms with van der Waals surface area (Å²) in [7, 11) is 0. The number of hydrogen-bond acceptors (Lipinski definition) is 5. The van der Waals surface area contributed by atoms with Crippen molar-refractivity contribution in [1.82, 2.24) is 35.6 Å². The number of aryl methyl sites for hydroxylation is 1. The Morgan fingerprint density at radius 1 is 1.37 bits per heavy atom. The molecule has 1 aromatic rings. The third-order valence-corrected chi connectivity index (χ3v) is 5.42. The van der Waals surface area contributed by atoms with Crippen LogP contribution in [0, 0.1) is 5.92 Å². The van der Waals surface area contributed by atoms with Gasteiger partial charge in [-0.1, -0.05) is 0 Å². The molecule has 0 aromatic carbocycles. The molecule has 148 valence electrons. The Morgan fingerprint density at radius 3 is 2.70 bits per heavy atom. The minimum atomic E-state index is -0.823. The molecule has 0 saturated carbocycles. The van der Waals surface area contributed by atoms with Crippen molar-refractivity contribution in [3.05, 3.63) is 12.2 Å². The first-order valence-corrected chi connectivity index (χ1v) is 9.51. The zero-order valence-electron chi connectivity index (χ0n) is 16.2. The van der Waals surface area contributed by atoms with Gasteiger partial charge in [0.25, 0.3) is 5.91 Å². The molecule has 2 aliphatic heterocycles. The first kappa shape index (κ1) is 19.1. The highest BCUT2D eigenvalue weighted by atomic mass is 16.2. The molecule has 0 aliphatic carbocycles. The predicted molar refractivity (Wildman–Crippen MR) is 99.9 cm³/mol. The van der Waals surface area contributed by atoms with Crippen LogP contribution in [-0.2, 0) is 17.9 Å². The van der Waals surface area contributed by atoms with Crippen LogP contribution >= 0.6 is 0 Å². The number of amides is 3. The third kappa shape index (κ3) is 3.88. The third-order valence-electron chi connectivity index (χ3n) is 5.42. The molecule has 27 heavy (non-hydrogen) atoms. The van der Waals surface area contributed by atoms with E-state index in [4.69, 9.17) is 4.99 Å². The molecule has 10 heteroatoms. The van der Waals surface area contributed by atoms with Crippen molar-refractivity contribution < 1.29 is 9.59 Å². The standard InChI is InChI=1S/C17H28N8O2/c1-4-18-15(19-10-13-23-20-11-24(13)5-2)25-8-6-12(7-9-25)17(3)14(26)21-16(27)22-17/h11-12H,4-10H2,1-3H3,(H,18,19)(H2,21,22,26,27). The Balaban J connectivity index is 1.64. The number of imide groups is 1. The summed E-state index contributed by atoms with van der Waals surface area (Å²) in [5, 5.41) is 16.5. The van der Waals surface area contributed by atoms with E-state index in [2.05, 4.69) is 31.0 Å². The lowest BCUT2D eigenvalue weighted by Gasteiger charge is -2.39. The van der Waals surface area contributed by atoms with Gasteiger partial charge in [0.05, 0.1) is 0 Å². The number of rotatable bonds is 5. The maximum absolute atomic E-state index is 12.2. The first-order chi connectivity index (χ1) is 13.0. The number of hydrogen-bond donors (Lipinski definition) is 3. The van der Waals surface area contributed by atoms with E-state index in [0.29, 0.717) is 6.54 Å². The molecule has 3 amide bonds. The summed E-state index contributed by atoms with van der Waals surface area (Å²) >= 11 is 0. The van der Waals surface area contributed by atoms with Crippen LogP contribution in [0.4, 0.5) is 4.79 Å². The molecular weight excluding hydrogens is 348 g/mol. The van der Waals surface area contributed by atoms with Gasteiger partial charge in [-0.25, -0.2) is 9.79 Å². The van der Waals surface area contributed by atoms with Crippen molar-refractivity contribution in [1.29, 1.82) is 0 Å². The van der Waals surface area contributed by atoms with Gasteiger partial charge in [0.15, 0.2) is 11.8 Å². The smallest absolute Gasteiger partial charge is 0.322 e. The summed E-state index contributed by atoms with van der Waals surface area (Å²) in [6.07, 6.45) is 3.32. The molecular formula is C17H28N8O2. The SMILES string of the molecule is CCNC(=NCc1nncn1CC)N1CCC(C2(C)NC(=O)NC2=O)CC1. The molecule has 10 nitrogen and oxygen atoms in total. The maximum Gasteiger partial charge on any atom is 0.322 e. The van der Waals surface area contributed by atoms with Crippen LogP contribution in [0.15, 0.2) is 11.3 Å². The lowest BCUT2D eigenvalue weighted by Crippen LogP contribution is -2.55. The highest BCUT2D eigenvalue weighted by molar-refractivity contribution is 6.07. The van der Waals surface area contributed by atoms with E-state index in [0.717, 1.165) is 50.8 Å². The fraction of sp³-hybridized carbons (Fsp3) is 0.706. The monoisotopic (exact) mass is 376 g/mol. The summed E-state index contributed by atoms with van der Waals surface area (Å²) in [4.78, 5) is 30.6. The van der Waals surface area contributed by atoms with Crippen molar-refractivity contribution in [2.45, 2.75) is 52.2 Å². The number of urea groups is 1. The maximum atomic E-state index is 12.2. The zero-order valence-corrected chi connectivity index (χ0v) is 16.2. The summed E-state index contributed by atoms with van der Waals surface area (Å²) in [6.45, 7) is 9.49. The number of aliphatic imine (C=N–C) groups is 1. The number of nitrogens with one attached hydrogen (secondary N) is 3. The second-order valence-corrected chi connectivity index (χ2v) is 7.08. The lowest BCUT2D eigenvalue weighted by atomic mass is 9.79. The van der Waals surface area contributed by atoms with Crippen LogP contribution in [0.2, 0.25) is 0 Å². The molecule has 0 bridgehead atoms. The van der Waals surface area contributed by atoms with Gasteiger partial charge in [-0.2, -0.15) is 0 Å². The normalized spacial score (nSPS) is 24.1. The van der Waals surface area contributed by atoms with Crippen molar-refractivity contribution >= 4 is 17.9 Å². The average molecular weight is 376 g/mol. The average Bonchev–Trinajstić information content (AvgIpc) is 3.22. The number of likely N-dealkylation sites (tertiary alicyclic amines) is 1. The van der Waals surface area contributed by atoms with Crippen molar-refractivity contribution in [3.8, 4) is 0 Å². The van der Waals surface area contributed by atoms with E-state index in [1.807, 2.05) is 25.3 Å². The quantitative estimate of drug-likeness (QED) is 0.380. The summed E-state index contributed by atoms with van der Waals surface area (Å²) in [5.41, 5.74) is -0.823. The number of guanidine groups is 1. The molecule has 1 unspecified atom stereocenters. The summed E-state index contributed by atoms with van der Waals surface area (Å²) < 4.78 is 1.97. The molecule has 3 heterocycles. The Bertz CT molecular complexity index is 722. The van der Waals surface area contributed by atoms with Gasteiger partial charge in [-0.05, 0) is 39.5 Å². The fourth-order valence-electron chi connectivity index (χ4n) is 3.75. The predicted octanol–water partition coefficient (Wildman–Crippen LogP) is 0.0736. The zero-order chi connectivity index (χ0) is 19.4. The van der Waals surface area contributed by atoms with Crippen LogP contribution in [0.1, 0.15) is 39.4 Å². The minimum absolute atomic E-state index is 0.103. The van der Waals surface area contributed by atoms with Gasteiger partial charge in [0.1, 0.15) is 18.4 Å². The van der Waals surface area contributed by atoms with Gasteiger partial charge in [0, 0.05) is 26.2 Å². The van der Waals surface area contributed by atoms with Crippen molar-refractivity contribution in [2.24, 2.45) is 10.9 Å². The van der Waals surface area contributed by atoms with Gasteiger partial charge >= 0.3 is 6.03 Å². The highest BCUT2D eigenvalue weighted by Gasteiger charge is 2.48. The van der Waals surface area contributed by atoms with Gasteiger partial charge in [0.2, 0.25) is 0 Å². The van der Waals surface area contributed by atoms with E-state index < -0.39 is 11.6 Å². The van der Waals surface area contributed by atoms with E-state index in [9.17, 15) is 9.59 Å². The number of carbonyl (C=O) groups is 2.